The van der Waals surface area contributed by atoms with Gasteiger partial charge in [0.15, 0.2) is 0 Å². The van der Waals surface area contributed by atoms with Crippen molar-refractivity contribution in [2.24, 2.45) is 16.7 Å². The van der Waals surface area contributed by atoms with Crippen LogP contribution in [0.5, 0.6) is 0 Å². The predicted molar refractivity (Wildman–Crippen MR) is 120 cm³/mol. The van der Waals surface area contributed by atoms with E-state index >= 15 is 0 Å². The van der Waals surface area contributed by atoms with E-state index < -0.39 is 22.8 Å². The molecule has 1 aliphatic carbocycles. The van der Waals surface area contributed by atoms with E-state index in [4.69, 9.17) is 5.73 Å². The number of carboxylic acids is 2. The van der Waals surface area contributed by atoms with Crippen LogP contribution in [0, 0.1) is 16.7 Å². The van der Waals surface area contributed by atoms with Crippen molar-refractivity contribution in [2.45, 2.75) is 78.6 Å². The van der Waals surface area contributed by atoms with Crippen LogP contribution >= 0.6 is 0 Å². The number of anilines is 1. The third kappa shape index (κ3) is 5.05. The van der Waals surface area contributed by atoms with Crippen LogP contribution in [0.1, 0.15) is 77.7 Å². The number of aliphatic carboxylic acids is 2. The topological polar surface area (TPSA) is 101 Å². The minimum absolute atomic E-state index is 0.0918. The molecule has 1 aromatic rings. The Morgan fingerprint density at radius 3 is 2.27 bits per heavy atom. The molecule has 166 valence electrons. The Labute approximate surface area is 180 Å². The molecule has 4 N–H and O–H groups in total. The Morgan fingerprint density at radius 1 is 1.07 bits per heavy atom. The molecule has 0 spiro atoms. The minimum Gasteiger partial charge on any atom is -0.481 e. The van der Waals surface area contributed by atoms with Gasteiger partial charge in [-0.1, -0.05) is 69.7 Å². The summed E-state index contributed by atoms with van der Waals surface area (Å²) in [7, 11) is 0. The van der Waals surface area contributed by atoms with Crippen LogP contribution in [0.4, 0.5) is 5.69 Å². The van der Waals surface area contributed by atoms with E-state index in [0.29, 0.717) is 24.9 Å². The first-order valence-corrected chi connectivity index (χ1v) is 11.2. The van der Waals surface area contributed by atoms with Crippen LogP contribution in [-0.4, -0.2) is 22.2 Å². The van der Waals surface area contributed by atoms with E-state index in [1.165, 1.54) is 0 Å². The van der Waals surface area contributed by atoms with E-state index in [1.807, 2.05) is 37.3 Å². The molecular weight excluding hydrogens is 378 g/mol. The lowest BCUT2D eigenvalue weighted by Crippen LogP contribution is -2.49. The largest absolute Gasteiger partial charge is 0.481 e. The summed E-state index contributed by atoms with van der Waals surface area (Å²) in [5.74, 6) is -1.90. The molecule has 0 amide bonds. The summed E-state index contributed by atoms with van der Waals surface area (Å²) in [5.41, 5.74) is 6.09. The second-order valence-corrected chi connectivity index (χ2v) is 9.13. The zero-order chi connectivity index (χ0) is 22.4. The maximum absolute atomic E-state index is 12.9. The van der Waals surface area contributed by atoms with Crippen molar-refractivity contribution in [2.75, 3.05) is 5.73 Å². The Hall–Kier alpha value is -2.30. The fourth-order valence-corrected chi connectivity index (χ4v) is 4.99. The van der Waals surface area contributed by atoms with Crippen LogP contribution in [0.3, 0.4) is 0 Å². The summed E-state index contributed by atoms with van der Waals surface area (Å²) in [6, 6.07) is 7.50. The van der Waals surface area contributed by atoms with E-state index in [9.17, 15) is 19.8 Å². The molecule has 5 heteroatoms. The Balaban J connectivity index is 2.47. The van der Waals surface area contributed by atoms with E-state index in [1.54, 1.807) is 6.92 Å². The van der Waals surface area contributed by atoms with Crippen molar-refractivity contribution in [3.05, 3.63) is 41.5 Å². The summed E-state index contributed by atoms with van der Waals surface area (Å²) in [6.45, 7) is 5.87. The predicted octanol–water partition coefficient (Wildman–Crippen LogP) is 5.69. The third-order valence-corrected chi connectivity index (χ3v) is 6.91. The van der Waals surface area contributed by atoms with Crippen LogP contribution < -0.4 is 5.73 Å². The molecule has 3 unspecified atom stereocenters. The van der Waals surface area contributed by atoms with Gasteiger partial charge < -0.3 is 15.9 Å². The number of rotatable bonds is 11. The third-order valence-electron chi connectivity index (χ3n) is 6.91. The van der Waals surface area contributed by atoms with Gasteiger partial charge in [0.1, 0.15) is 0 Å². The highest BCUT2D eigenvalue weighted by molar-refractivity contribution is 5.83. The Kier molecular flexibility index (Phi) is 8.10. The molecule has 0 saturated heterocycles. The number of benzene rings is 1. The molecular formula is C25H37NO4. The number of nitrogen functional groups attached to an aromatic ring is 1. The number of carboxylic acid groups (broad SMARTS) is 2. The van der Waals surface area contributed by atoms with Crippen LogP contribution in [0.2, 0.25) is 0 Å². The van der Waals surface area contributed by atoms with Crippen molar-refractivity contribution in [1.29, 1.82) is 0 Å². The molecule has 2 rings (SSSR count). The highest BCUT2D eigenvalue weighted by atomic mass is 16.4. The number of carbonyl (C=O) groups is 2. The zero-order valence-corrected chi connectivity index (χ0v) is 18.6. The van der Waals surface area contributed by atoms with E-state index in [0.717, 1.165) is 43.2 Å². The molecule has 0 aliphatic heterocycles. The smallest absolute Gasteiger partial charge is 0.314 e. The fraction of sp³-hybridized carbons (Fsp3) is 0.600. The van der Waals surface area contributed by atoms with Gasteiger partial charge in [-0.2, -0.15) is 0 Å². The van der Waals surface area contributed by atoms with Crippen LogP contribution in [0.25, 0.3) is 0 Å². The fourth-order valence-electron chi connectivity index (χ4n) is 4.99. The first-order valence-electron chi connectivity index (χ1n) is 11.2. The molecule has 30 heavy (non-hydrogen) atoms. The minimum atomic E-state index is -1.16. The Morgan fingerprint density at radius 2 is 1.73 bits per heavy atom. The standard InChI is InChI=1S/C25H37NO4/c1-4-6-7-8-9-19(5-2)25(23(29)30)17-24(3,22(27)28)15-14-20(25)16-18-10-12-21(26)13-11-18/h10-14,19H,4-9,15-17,26H2,1-3H3,(H,27,28)(H,29,30). The molecule has 0 aromatic heterocycles. The number of hydrogen-bond acceptors (Lipinski definition) is 3. The molecule has 0 bridgehead atoms. The highest BCUT2D eigenvalue weighted by Gasteiger charge is 2.55. The number of nitrogens with two attached hydrogens (primary N) is 1. The molecule has 5 nitrogen and oxygen atoms in total. The van der Waals surface area contributed by atoms with Gasteiger partial charge in [0.2, 0.25) is 0 Å². The summed E-state index contributed by atoms with van der Waals surface area (Å²) in [6.07, 6.45) is 8.73. The van der Waals surface area contributed by atoms with Gasteiger partial charge in [0.05, 0.1) is 10.8 Å². The van der Waals surface area contributed by atoms with Gasteiger partial charge in [-0.05, 0) is 56.2 Å². The van der Waals surface area contributed by atoms with Crippen LogP contribution in [0.15, 0.2) is 35.9 Å². The molecule has 1 aliphatic rings. The molecule has 0 fully saturated rings. The summed E-state index contributed by atoms with van der Waals surface area (Å²) in [4.78, 5) is 24.9. The number of allylic oxidation sites excluding steroid dienone is 1. The molecule has 0 radical (unpaired) electrons. The van der Waals surface area contributed by atoms with Gasteiger partial charge >= 0.3 is 11.9 Å². The van der Waals surface area contributed by atoms with Crippen molar-refractivity contribution in [3.63, 3.8) is 0 Å². The van der Waals surface area contributed by atoms with Gasteiger partial charge in [-0.3, -0.25) is 9.59 Å². The van der Waals surface area contributed by atoms with Crippen molar-refractivity contribution in [3.8, 4) is 0 Å². The van der Waals surface area contributed by atoms with Crippen LogP contribution in [-0.2, 0) is 16.0 Å². The van der Waals surface area contributed by atoms with Gasteiger partial charge in [0.25, 0.3) is 0 Å². The van der Waals surface area contributed by atoms with Gasteiger partial charge in [-0.25, -0.2) is 0 Å². The summed E-state index contributed by atoms with van der Waals surface area (Å²) >= 11 is 0. The van der Waals surface area contributed by atoms with Crippen molar-refractivity contribution < 1.29 is 19.8 Å². The van der Waals surface area contributed by atoms with Crippen molar-refractivity contribution in [1.82, 2.24) is 0 Å². The lowest BCUT2D eigenvalue weighted by molar-refractivity contribution is -0.159. The number of unbranched alkanes of at least 4 members (excludes halogenated alkanes) is 3. The van der Waals surface area contributed by atoms with Gasteiger partial charge in [0, 0.05) is 5.69 Å². The summed E-state index contributed by atoms with van der Waals surface area (Å²) in [5, 5.41) is 20.4. The van der Waals surface area contributed by atoms with E-state index in [-0.39, 0.29) is 12.3 Å². The lowest BCUT2D eigenvalue weighted by Gasteiger charge is -2.46. The second-order valence-electron chi connectivity index (χ2n) is 9.13. The van der Waals surface area contributed by atoms with Gasteiger partial charge in [-0.15, -0.1) is 0 Å². The first kappa shape index (κ1) is 24.0. The molecule has 1 aromatic carbocycles. The second kappa shape index (κ2) is 10.1. The average molecular weight is 416 g/mol. The van der Waals surface area contributed by atoms with Crippen molar-refractivity contribution >= 4 is 17.6 Å². The summed E-state index contributed by atoms with van der Waals surface area (Å²) < 4.78 is 0. The molecule has 3 atom stereocenters. The highest BCUT2D eigenvalue weighted by Crippen LogP contribution is 2.54. The lowest BCUT2D eigenvalue weighted by atomic mass is 9.55. The monoisotopic (exact) mass is 415 g/mol. The molecule has 0 heterocycles. The number of hydrogen-bond donors (Lipinski definition) is 3. The van der Waals surface area contributed by atoms with E-state index in [2.05, 4.69) is 6.92 Å². The SMILES string of the molecule is CCCCCCC(CC)C1(C(=O)O)CC(C)(C(=O)O)CC=C1Cc1ccc(N)cc1. The maximum atomic E-state index is 12.9. The molecule has 0 saturated carbocycles. The first-order chi connectivity index (χ1) is 14.2. The average Bonchev–Trinajstić information content (AvgIpc) is 2.71. The normalized spacial score (nSPS) is 24.8. The zero-order valence-electron chi connectivity index (χ0n) is 18.6. The Bertz CT molecular complexity index is 770. The maximum Gasteiger partial charge on any atom is 0.314 e. The quantitative estimate of drug-likeness (QED) is 0.245.